The minimum Gasteiger partial charge on any atom is -0.397 e. The zero-order chi connectivity index (χ0) is 12.6. The van der Waals surface area contributed by atoms with Crippen molar-refractivity contribution >= 4 is 46.3 Å². The summed E-state index contributed by atoms with van der Waals surface area (Å²) in [5, 5.41) is 1.67. The molecular weight excluding hydrogens is 275 g/mol. The first kappa shape index (κ1) is 13.2. The summed E-state index contributed by atoms with van der Waals surface area (Å²) < 4.78 is 0. The zero-order valence-electron chi connectivity index (χ0n) is 9.91. The first-order valence-corrected chi connectivity index (χ1v) is 7.44. The third kappa shape index (κ3) is 2.61. The van der Waals surface area contributed by atoms with Crippen molar-refractivity contribution in [3.63, 3.8) is 0 Å². The van der Waals surface area contributed by atoms with Crippen molar-refractivity contribution in [2.75, 3.05) is 22.9 Å². The number of hydrogen-bond donors (Lipinski definition) is 1. The number of halogens is 2. The van der Waals surface area contributed by atoms with Gasteiger partial charge in [0, 0.05) is 23.6 Å². The maximum Gasteiger partial charge on any atom is 0.0619 e. The van der Waals surface area contributed by atoms with Crippen molar-refractivity contribution in [1.82, 2.24) is 0 Å². The monoisotopic (exact) mass is 290 g/mol. The Morgan fingerprint density at radius 1 is 1.29 bits per heavy atom. The van der Waals surface area contributed by atoms with Gasteiger partial charge in [0.15, 0.2) is 0 Å². The summed E-state index contributed by atoms with van der Waals surface area (Å²) in [6.45, 7) is 5.46. The van der Waals surface area contributed by atoms with Crippen LogP contribution in [0.5, 0.6) is 0 Å². The van der Waals surface area contributed by atoms with E-state index >= 15 is 0 Å². The Bertz CT molecular complexity index is 425. The Hall–Kier alpha value is -0.250. The van der Waals surface area contributed by atoms with E-state index in [2.05, 4.69) is 18.7 Å². The maximum absolute atomic E-state index is 6.07. The lowest BCUT2D eigenvalue weighted by Gasteiger charge is -2.39. The number of thioether (sulfide) groups is 1. The lowest BCUT2D eigenvalue weighted by molar-refractivity contribution is 0.628. The molecule has 2 rings (SSSR count). The van der Waals surface area contributed by atoms with Crippen molar-refractivity contribution in [2.45, 2.75) is 25.1 Å². The topological polar surface area (TPSA) is 29.3 Å². The number of benzene rings is 1. The Balaban J connectivity index is 2.36. The highest BCUT2D eigenvalue weighted by Gasteiger charge is 2.26. The number of hydrogen-bond acceptors (Lipinski definition) is 3. The summed E-state index contributed by atoms with van der Waals surface area (Å²) in [6.07, 6.45) is 0. The van der Waals surface area contributed by atoms with Gasteiger partial charge in [-0.3, -0.25) is 0 Å². The van der Waals surface area contributed by atoms with Crippen LogP contribution >= 0.6 is 35.0 Å². The molecule has 0 bridgehead atoms. The van der Waals surface area contributed by atoms with E-state index in [4.69, 9.17) is 28.9 Å². The average molecular weight is 291 g/mol. The molecule has 94 valence electrons. The van der Waals surface area contributed by atoms with Gasteiger partial charge in [-0.05, 0) is 19.1 Å². The van der Waals surface area contributed by atoms with Crippen molar-refractivity contribution in [1.29, 1.82) is 0 Å². The molecule has 0 spiro atoms. The van der Waals surface area contributed by atoms with Gasteiger partial charge in [-0.2, -0.15) is 11.8 Å². The fraction of sp³-hybridized carbons (Fsp3) is 0.500. The molecule has 1 aromatic rings. The molecule has 1 aliphatic rings. The summed E-state index contributed by atoms with van der Waals surface area (Å²) in [5.41, 5.74) is 7.74. The van der Waals surface area contributed by atoms with Crippen LogP contribution in [0.1, 0.15) is 13.8 Å². The van der Waals surface area contributed by atoms with Crippen molar-refractivity contribution < 1.29 is 0 Å². The Kier molecular flexibility index (Phi) is 4.01. The zero-order valence-corrected chi connectivity index (χ0v) is 12.2. The van der Waals surface area contributed by atoms with Gasteiger partial charge in [-0.15, -0.1) is 0 Å². The van der Waals surface area contributed by atoms with Crippen LogP contribution in [0.25, 0.3) is 0 Å². The predicted molar refractivity (Wildman–Crippen MR) is 79.6 cm³/mol. The van der Waals surface area contributed by atoms with Gasteiger partial charge in [0.1, 0.15) is 0 Å². The van der Waals surface area contributed by atoms with Crippen LogP contribution in [0.2, 0.25) is 10.0 Å². The highest BCUT2D eigenvalue weighted by Crippen LogP contribution is 2.37. The van der Waals surface area contributed by atoms with Crippen molar-refractivity contribution in [2.24, 2.45) is 0 Å². The second-order valence-corrected chi connectivity index (χ2v) is 6.63. The van der Waals surface area contributed by atoms with Gasteiger partial charge in [-0.1, -0.05) is 30.1 Å². The van der Waals surface area contributed by atoms with Gasteiger partial charge in [0.05, 0.1) is 21.4 Å². The Labute approximate surface area is 116 Å². The van der Waals surface area contributed by atoms with Gasteiger partial charge >= 0.3 is 0 Å². The minimum atomic E-state index is 0.452. The van der Waals surface area contributed by atoms with Crippen LogP contribution in [-0.4, -0.2) is 23.6 Å². The molecule has 0 aliphatic carbocycles. The summed E-state index contributed by atoms with van der Waals surface area (Å²) in [7, 11) is 0. The van der Waals surface area contributed by atoms with Gasteiger partial charge in [0.25, 0.3) is 0 Å². The molecule has 1 aromatic carbocycles. The maximum atomic E-state index is 6.07. The Morgan fingerprint density at radius 3 is 2.65 bits per heavy atom. The average Bonchev–Trinajstić information content (AvgIpc) is 2.28. The molecule has 2 nitrogen and oxygen atoms in total. The first-order chi connectivity index (χ1) is 8.00. The molecule has 2 unspecified atom stereocenters. The Morgan fingerprint density at radius 2 is 1.94 bits per heavy atom. The molecule has 0 saturated carbocycles. The first-order valence-electron chi connectivity index (χ1n) is 5.63. The fourth-order valence-electron chi connectivity index (χ4n) is 2.07. The molecule has 17 heavy (non-hydrogen) atoms. The number of nitrogens with two attached hydrogens (primary N) is 1. The fourth-order valence-corrected chi connectivity index (χ4v) is 3.50. The molecular formula is C12H16Cl2N2S. The van der Waals surface area contributed by atoms with Gasteiger partial charge in [0.2, 0.25) is 0 Å². The second kappa shape index (κ2) is 5.17. The van der Waals surface area contributed by atoms with E-state index in [9.17, 15) is 0 Å². The lowest BCUT2D eigenvalue weighted by Crippen LogP contribution is -2.45. The van der Waals surface area contributed by atoms with E-state index in [-0.39, 0.29) is 0 Å². The van der Waals surface area contributed by atoms with E-state index in [1.54, 1.807) is 6.07 Å². The smallest absolute Gasteiger partial charge is 0.0619 e. The normalized spacial score (nSPS) is 25.1. The molecule has 0 amide bonds. The number of nitrogens with zero attached hydrogens (tertiary/aromatic N) is 1. The van der Waals surface area contributed by atoms with Crippen LogP contribution in [0, 0.1) is 0 Å². The van der Waals surface area contributed by atoms with Crippen LogP contribution in [-0.2, 0) is 0 Å². The molecule has 5 heteroatoms. The standard InChI is InChI=1S/C12H16Cl2N2S/c1-7-8(2)17-4-3-16(7)12-6-10(14)9(13)5-11(12)15/h5-8H,3-4,15H2,1-2H3. The quantitative estimate of drug-likeness (QED) is 0.796. The third-order valence-corrected chi connectivity index (χ3v) is 5.32. The van der Waals surface area contributed by atoms with E-state index in [1.165, 1.54) is 0 Å². The van der Waals surface area contributed by atoms with E-state index in [1.807, 2.05) is 17.8 Å². The van der Waals surface area contributed by atoms with Crippen LogP contribution in [0.15, 0.2) is 12.1 Å². The lowest BCUT2D eigenvalue weighted by atomic mass is 10.1. The second-order valence-electron chi connectivity index (χ2n) is 4.34. The number of rotatable bonds is 1. The van der Waals surface area contributed by atoms with Crippen LogP contribution < -0.4 is 10.6 Å². The molecule has 0 radical (unpaired) electrons. The number of anilines is 2. The highest BCUT2D eigenvalue weighted by atomic mass is 35.5. The summed E-state index contributed by atoms with van der Waals surface area (Å²) in [6, 6.07) is 4.06. The van der Waals surface area contributed by atoms with Gasteiger partial charge < -0.3 is 10.6 Å². The SMILES string of the molecule is CC1SCCN(c2cc(Cl)c(Cl)cc2N)C1C. The molecule has 2 atom stereocenters. The largest absolute Gasteiger partial charge is 0.397 e. The van der Waals surface area contributed by atoms with E-state index < -0.39 is 0 Å². The van der Waals surface area contributed by atoms with Crippen LogP contribution in [0.4, 0.5) is 11.4 Å². The molecule has 1 fully saturated rings. The molecule has 1 saturated heterocycles. The number of nitrogen functional groups attached to an aromatic ring is 1. The predicted octanol–water partition coefficient (Wildman–Crippen LogP) is 3.91. The van der Waals surface area contributed by atoms with Gasteiger partial charge in [-0.25, -0.2) is 0 Å². The third-order valence-electron chi connectivity index (χ3n) is 3.26. The highest BCUT2D eigenvalue weighted by molar-refractivity contribution is 8.00. The van der Waals surface area contributed by atoms with E-state index in [0.29, 0.717) is 27.0 Å². The van der Waals surface area contributed by atoms with Crippen molar-refractivity contribution in [3.05, 3.63) is 22.2 Å². The molecule has 0 aromatic heterocycles. The minimum absolute atomic E-state index is 0.452. The molecule has 1 heterocycles. The summed E-state index contributed by atoms with van der Waals surface area (Å²) in [5.74, 6) is 1.12. The molecule has 2 N–H and O–H groups in total. The summed E-state index contributed by atoms with van der Waals surface area (Å²) in [4.78, 5) is 2.32. The van der Waals surface area contributed by atoms with Crippen LogP contribution in [0.3, 0.4) is 0 Å². The van der Waals surface area contributed by atoms with E-state index in [0.717, 1.165) is 18.0 Å². The summed E-state index contributed by atoms with van der Waals surface area (Å²) >= 11 is 14.0. The molecule has 1 aliphatic heterocycles. The van der Waals surface area contributed by atoms with Crippen molar-refractivity contribution in [3.8, 4) is 0 Å².